The number of carbonyl (C=O) groups is 1. The summed E-state index contributed by atoms with van der Waals surface area (Å²) in [5, 5.41) is 25.7. The molecule has 0 N–H and O–H groups in total. The van der Waals surface area contributed by atoms with Gasteiger partial charge in [0.25, 0.3) is 0 Å². The molecule has 0 saturated heterocycles. The summed E-state index contributed by atoms with van der Waals surface area (Å²) >= 11 is 0. The van der Waals surface area contributed by atoms with Crippen LogP contribution in [0.5, 0.6) is 0 Å². The van der Waals surface area contributed by atoms with E-state index in [1.807, 2.05) is 13.0 Å². The van der Waals surface area contributed by atoms with Gasteiger partial charge in [-0.2, -0.15) is 15.8 Å². The average Bonchev–Trinajstić information content (AvgIpc) is 2.24. The van der Waals surface area contributed by atoms with E-state index < -0.39 is 11.8 Å². The Labute approximate surface area is 89.1 Å². The zero-order valence-corrected chi connectivity index (χ0v) is 8.60. The van der Waals surface area contributed by atoms with Crippen LogP contribution in [-0.2, 0) is 4.79 Å². The van der Waals surface area contributed by atoms with Crippen molar-refractivity contribution in [2.45, 2.75) is 19.8 Å². The van der Waals surface area contributed by atoms with Crippen molar-refractivity contribution < 1.29 is 4.79 Å². The van der Waals surface area contributed by atoms with Crippen molar-refractivity contribution in [2.24, 2.45) is 5.92 Å². The lowest BCUT2D eigenvalue weighted by molar-refractivity contribution is -0.132. The number of rotatable bonds is 5. The van der Waals surface area contributed by atoms with Gasteiger partial charge in [-0.1, -0.05) is 13.3 Å². The molecule has 0 aliphatic carbocycles. The lowest BCUT2D eigenvalue weighted by atomic mass is 10.0. The van der Waals surface area contributed by atoms with E-state index in [0.717, 1.165) is 11.3 Å². The molecule has 0 fully saturated rings. The van der Waals surface area contributed by atoms with Crippen LogP contribution in [0.2, 0.25) is 0 Å². The highest BCUT2D eigenvalue weighted by Crippen LogP contribution is 2.09. The molecule has 0 aromatic carbocycles. The second kappa shape index (κ2) is 7.35. The number of amides is 1. The highest BCUT2D eigenvalue weighted by atomic mass is 16.2. The Bertz CT molecular complexity index is 315. The first-order valence-corrected chi connectivity index (χ1v) is 4.63. The summed E-state index contributed by atoms with van der Waals surface area (Å²) in [6.07, 6.45) is 1.18. The second-order valence-corrected chi connectivity index (χ2v) is 2.98. The third-order valence-electron chi connectivity index (χ3n) is 1.87. The quantitative estimate of drug-likeness (QED) is 0.619. The molecular formula is C10H12N4O. The fourth-order valence-electron chi connectivity index (χ4n) is 1.13. The molecule has 0 heterocycles. The van der Waals surface area contributed by atoms with E-state index in [9.17, 15) is 4.79 Å². The number of hydrogen-bond donors (Lipinski definition) is 0. The Morgan fingerprint density at radius 3 is 2.13 bits per heavy atom. The Hall–Kier alpha value is -2.06. The molecule has 5 heteroatoms. The van der Waals surface area contributed by atoms with E-state index in [4.69, 9.17) is 15.8 Å². The van der Waals surface area contributed by atoms with Crippen LogP contribution in [0.15, 0.2) is 0 Å². The summed E-state index contributed by atoms with van der Waals surface area (Å²) < 4.78 is 0. The molecule has 1 unspecified atom stereocenters. The lowest BCUT2D eigenvalue weighted by Gasteiger charge is -2.18. The molecule has 1 atom stereocenters. The normalized spacial score (nSPS) is 10.5. The van der Waals surface area contributed by atoms with Crippen LogP contribution < -0.4 is 0 Å². The minimum atomic E-state index is -0.739. The lowest BCUT2D eigenvalue weighted by Crippen LogP contribution is -2.36. The van der Waals surface area contributed by atoms with Crippen LogP contribution >= 0.6 is 0 Å². The van der Waals surface area contributed by atoms with Crippen molar-refractivity contribution in [3.63, 3.8) is 0 Å². The molecule has 15 heavy (non-hydrogen) atoms. The van der Waals surface area contributed by atoms with E-state index in [1.54, 1.807) is 12.1 Å². The summed E-state index contributed by atoms with van der Waals surface area (Å²) in [6, 6.07) is 5.49. The molecule has 0 bridgehead atoms. The van der Waals surface area contributed by atoms with Gasteiger partial charge in [0, 0.05) is 0 Å². The monoisotopic (exact) mass is 204 g/mol. The van der Waals surface area contributed by atoms with E-state index in [0.29, 0.717) is 6.42 Å². The molecule has 0 radical (unpaired) electrons. The Kier molecular flexibility index (Phi) is 6.34. The molecule has 0 spiro atoms. The number of carbonyl (C=O) groups excluding carboxylic acids is 1. The maximum absolute atomic E-state index is 11.6. The molecule has 0 aliphatic heterocycles. The van der Waals surface area contributed by atoms with Crippen molar-refractivity contribution in [2.75, 3.05) is 13.1 Å². The minimum Gasteiger partial charge on any atom is -0.315 e. The smallest absolute Gasteiger partial charge is 0.241 e. The number of nitrogens with zero attached hydrogens (tertiary/aromatic N) is 4. The summed E-state index contributed by atoms with van der Waals surface area (Å²) in [5.41, 5.74) is 0. The Morgan fingerprint density at radius 2 is 1.80 bits per heavy atom. The third kappa shape index (κ3) is 4.11. The van der Waals surface area contributed by atoms with Gasteiger partial charge in [0.1, 0.15) is 19.0 Å². The Morgan fingerprint density at radius 1 is 1.27 bits per heavy atom. The summed E-state index contributed by atoms with van der Waals surface area (Å²) in [7, 11) is 0. The first kappa shape index (κ1) is 12.9. The number of hydrogen-bond acceptors (Lipinski definition) is 4. The molecular weight excluding hydrogens is 192 g/mol. The van der Waals surface area contributed by atoms with Gasteiger partial charge in [-0.3, -0.25) is 4.79 Å². The molecule has 5 nitrogen and oxygen atoms in total. The molecule has 0 aromatic heterocycles. The van der Waals surface area contributed by atoms with Crippen LogP contribution in [0.25, 0.3) is 0 Å². The van der Waals surface area contributed by atoms with Crippen molar-refractivity contribution >= 4 is 5.91 Å². The molecule has 0 aromatic rings. The van der Waals surface area contributed by atoms with Crippen molar-refractivity contribution in [3.8, 4) is 18.2 Å². The predicted molar refractivity (Wildman–Crippen MR) is 51.8 cm³/mol. The zero-order valence-electron chi connectivity index (χ0n) is 8.60. The van der Waals surface area contributed by atoms with Gasteiger partial charge in [0.15, 0.2) is 0 Å². The first-order chi connectivity index (χ1) is 7.21. The molecule has 0 saturated carbocycles. The Balaban J connectivity index is 4.56. The third-order valence-corrected chi connectivity index (χ3v) is 1.87. The fraction of sp³-hybridized carbons (Fsp3) is 0.600. The topological polar surface area (TPSA) is 91.7 Å². The van der Waals surface area contributed by atoms with Gasteiger partial charge in [-0.25, -0.2) is 0 Å². The maximum atomic E-state index is 11.6. The van der Waals surface area contributed by atoms with Crippen LogP contribution in [0, 0.1) is 39.9 Å². The van der Waals surface area contributed by atoms with Gasteiger partial charge in [0.2, 0.25) is 5.91 Å². The van der Waals surface area contributed by atoms with Gasteiger partial charge < -0.3 is 4.90 Å². The average molecular weight is 204 g/mol. The van der Waals surface area contributed by atoms with Crippen LogP contribution in [0.1, 0.15) is 19.8 Å². The molecule has 0 rings (SSSR count). The van der Waals surface area contributed by atoms with Crippen LogP contribution in [0.4, 0.5) is 0 Å². The van der Waals surface area contributed by atoms with Gasteiger partial charge in [-0.15, -0.1) is 0 Å². The largest absolute Gasteiger partial charge is 0.315 e. The van der Waals surface area contributed by atoms with Crippen molar-refractivity contribution in [3.05, 3.63) is 0 Å². The first-order valence-electron chi connectivity index (χ1n) is 4.63. The van der Waals surface area contributed by atoms with Crippen LogP contribution in [0.3, 0.4) is 0 Å². The molecule has 78 valence electrons. The van der Waals surface area contributed by atoms with E-state index in [1.165, 1.54) is 0 Å². The van der Waals surface area contributed by atoms with Gasteiger partial charge >= 0.3 is 0 Å². The van der Waals surface area contributed by atoms with Crippen LogP contribution in [-0.4, -0.2) is 23.9 Å². The van der Waals surface area contributed by atoms with Crippen molar-refractivity contribution in [1.82, 2.24) is 4.90 Å². The zero-order chi connectivity index (χ0) is 11.7. The highest BCUT2D eigenvalue weighted by molar-refractivity contribution is 5.81. The minimum absolute atomic E-state index is 0.145. The highest BCUT2D eigenvalue weighted by Gasteiger charge is 2.22. The standard InChI is InChI=1S/C10H12N4O/c1-2-3-9(8-13)10(15)14(6-4-11)7-5-12/h9H,2-3,6-7H2,1H3. The SMILES string of the molecule is CCCC(C#N)C(=O)N(CC#N)CC#N. The maximum Gasteiger partial charge on any atom is 0.241 e. The summed E-state index contributed by atoms with van der Waals surface area (Å²) in [5.74, 6) is -1.17. The van der Waals surface area contributed by atoms with Gasteiger partial charge in [0.05, 0.1) is 18.2 Å². The molecule has 0 aliphatic rings. The van der Waals surface area contributed by atoms with E-state index in [-0.39, 0.29) is 13.1 Å². The predicted octanol–water partition coefficient (Wildman–Crippen LogP) is 0.802. The summed E-state index contributed by atoms with van der Waals surface area (Å²) in [4.78, 5) is 12.7. The second-order valence-electron chi connectivity index (χ2n) is 2.98. The van der Waals surface area contributed by atoms with E-state index in [2.05, 4.69) is 0 Å². The van der Waals surface area contributed by atoms with Crippen molar-refractivity contribution in [1.29, 1.82) is 15.8 Å². The fourth-order valence-corrected chi connectivity index (χ4v) is 1.13. The summed E-state index contributed by atoms with van der Waals surface area (Å²) in [6.45, 7) is 1.58. The van der Waals surface area contributed by atoms with E-state index >= 15 is 0 Å². The van der Waals surface area contributed by atoms with Gasteiger partial charge in [-0.05, 0) is 6.42 Å². The number of nitriles is 3. The molecule has 1 amide bonds.